The molecule has 1 aromatic rings. The fourth-order valence-corrected chi connectivity index (χ4v) is 5.96. The number of hydrogen-bond acceptors (Lipinski definition) is 4. The van der Waals surface area contributed by atoms with Crippen molar-refractivity contribution in [1.82, 2.24) is 9.62 Å². The third-order valence-corrected chi connectivity index (χ3v) is 7.59. The lowest BCUT2D eigenvalue weighted by molar-refractivity contribution is 0.213. The monoisotopic (exact) mass is 316 g/mol. The Hall–Kier alpha value is -0.430. The quantitative estimate of drug-likeness (QED) is 0.908. The van der Waals surface area contributed by atoms with Gasteiger partial charge in [-0.2, -0.15) is 4.31 Å². The van der Waals surface area contributed by atoms with Gasteiger partial charge in [-0.1, -0.05) is 19.8 Å². The molecule has 1 heterocycles. The summed E-state index contributed by atoms with van der Waals surface area (Å²) in [7, 11) is 0.255. The molecule has 114 valence electrons. The summed E-state index contributed by atoms with van der Waals surface area (Å²) < 4.78 is 27.5. The minimum atomic E-state index is -3.34. The van der Waals surface area contributed by atoms with E-state index in [0.29, 0.717) is 16.7 Å². The molecule has 0 bridgehead atoms. The first-order valence-corrected chi connectivity index (χ1v) is 9.44. The summed E-state index contributed by atoms with van der Waals surface area (Å²) in [6.07, 6.45) is 4.45. The second kappa shape index (κ2) is 6.56. The maximum atomic E-state index is 12.7. The second-order valence-corrected chi connectivity index (χ2v) is 8.99. The third kappa shape index (κ3) is 3.24. The van der Waals surface area contributed by atoms with Crippen molar-refractivity contribution in [3.63, 3.8) is 0 Å². The number of sulfonamides is 1. The summed E-state index contributed by atoms with van der Waals surface area (Å²) in [6, 6.07) is 3.77. The Balaban J connectivity index is 2.19. The largest absolute Gasteiger partial charge is 0.315 e. The van der Waals surface area contributed by atoms with Gasteiger partial charge in [0.25, 0.3) is 10.0 Å². The fourth-order valence-electron chi connectivity index (χ4n) is 2.92. The van der Waals surface area contributed by atoms with Gasteiger partial charge in [0.15, 0.2) is 0 Å². The molecule has 2 unspecified atom stereocenters. The van der Waals surface area contributed by atoms with Crippen LogP contribution in [0.2, 0.25) is 0 Å². The molecule has 2 rings (SSSR count). The third-order valence-electron chi connectivity index (χ3n) is 4.15. The van der Waals surface area contributed by atoms with E-state index >= 15 is 0 Å². The van der Waals surface area contributed by atoms with Crippen LogP contribution in [-0.4, -0.2) is 32.9 Å². The van der Waals surface area contributed by atoms with Gasteiger partial charge in [-0.25, -0.2) is 8.42 Å². The van der Waals surface area contributed by atoms with Crippen LogP contribution < -0.4 is 5.32 Å². The molecule has 1 aliphatic rings. The molecule has 0 saturated heterocycles. The van der Waals surface area contributed by atoms with Crippen LogP contribution in [0.5, 0.6) is 0 Å². The van der Waals surface area contributed by atoms with Crippen molar-refractivity contribution in [2.45, 2.75) is 49.4 Å². The fraction of sp³-hybridized carbons (Fsp3) is 0.714. The first-order valence-electron chi connectivity index (χ1n) is 7.18. The van der Waals surface area contributed by atoms with E-state index in [1.165, 1.54) is 17.8 Å². The molecule has 1 fully saturated rings. The predicted molar refractivity (Wildman–Crippen MR) is 83.5 cm³/mol. The van der Waals surface area contributed by atoms with Crippen LogP contribution in [0.25, 0.3) is 0 Å². The zero-order valence-electron chi connectivity index (χ0n) is 12.4. The van der Waals surface area contributed by atoms with Gasteiger partial charge in [0.1, 0.15) is 4.21 Å². The van der Waals surface area contributed by atoms with Gasteiger partial charge >= 0.3 is 0 Å². The van der Waals surface area contributed by atoms with E-state index in [-0.39, 0.29) is 6.04 Å². The Morgan fingerprint density at radius 1 is 1.35 bits per heavy atom. The van der Waals surface area contributed by atoms with Crippen LogP contribution in [0.4, 0.5) is 0 Å². The zero-order chi connectivity index (χ0) is 14.8. The van der Waals surface area contributed by atoms with E-state index in [1.807, 2.05) is 13.1 Å². The number of rotatable bonds is 5. The first-order chi connectivity index (χ1) is 9.46. The van der Waals surface area contributed by atoms with Crippen molar-refractivity contribution in [3.05, 3.63) is 17.0 Å². The molecule has 0 radical (unpaired) electrons. The minimum absolute atomic E-state index is 0.142. The van der Waals surface area contributed by atoms with Crippen molar-refractivity contribution in [2.24, 2.45) is 5.92 Å². The highest BCUT2D eigenvalue weighted by Gasteiger charge is 2.33. The summed E-state index contributed by atoms with van der Waals surface area (Å²) >= 11 is 1.37. The van der Waals surface area contributed by atoms with Gasteiger partial charge in [-0.05, 0) is 37.9 Å². The molecular weight excluding hydrogens is 292 g/mol. The number of thiophene rings is 1. The first kappa shape index (κ1) is 15.9. The molecule has 0 aromatic carbocycles. The van der Waals surface area contributed by atoms with Gasteiger partial charge in [-0.3, -0.25) is 0 Å². The summed E-state index contributed by atoms with van der Waals surface area (Å²) in [6.45, 7) is 2.88. The van der Waals surface area contributed by atoms with Gasteiger partial charge in [-0.15, -0.1) is 11.3 Å². The zero-order valence-corrected chi connectivity index (χ0v) is 14.1. The van der Waals surface area contributed by atoms with Crippen LogP contribution in [0.1, 0.15) is 37.5 Å². The Bertz CT molecular complexity index is 539. The van der Waals surface area contributed by atoms with Crippen LogP contribution in [0.15, 0.2) is 16.3 Å². The maximum absolute atomic E-state index is 12.7. The number of nitrogens with zero attached hydrogens (tertiary/aromatic N) is 1. The van der Waals surface area contributed by atoms with E-state index < -0.39 is 10.0 Å². The highest BCUT2D eigenvalue weighted by atomic mass is 32.2. The molecule has 0 amide bonds. The molecule has 0 aliphatic heterocycles. The highest BCUT2D eigenvalue weighted by Crippen LogP contribution is 2.32. The lowest BCUT2D eigenvalue weighted by Crippen LogP contribution is -2.42. The molecule has 2 atom stereocenters. The SMILES string of the molecule is CNCc1ccc(S(=O)(=O)N(C)C2CCCCC2C)s1. The molecule has 6 heteroatoms. The smallest absolute Gasteiger partial charge is 0.252 e. The van der Waals surface area contributed by atoms with Crippen molar-refractivity contribution < 1.29 is 8.42 Å². The lowest BCUT2D eigenvalue weighted by Gasteiger charge is -2.35. The van der Waals surface area contributed by atoms with E-state index in [0.717, 1.165) is 24.1 Å². The van der Waals surface area contributed by atoms with Gasteiger partial charge in [0, 0.05) is 24.5 Å². The maximum Gasteiger partial charge on any atom is 0.252 e. The Morgan fingerprint density at radius 2 is 2.05 bits per heavy atom. The Morgan fingerprint density at radius 3 is 2.70 bits per heavy atom. The Labute approximate surface area is 126 Å². The molecule has 1 aliphatic carbocycles. The topological polar surface area (TPSA) is 49.4 Å². The molecule has 4 nitrogen and oxygen atoms in total. The van der Waals surface area contributed by atoms with Crippen LogP contribution in [0, 0.1) is 5.92 Å². The van der Waals surface area contributed by atoms with E-state index in [1.54, 1.807) is 17.4 Å². The van der Waals surface area contributed by atoms with Gasteiger partial charge in [0.2, 0.25) is 0 Å². The standard InChI is InChI=1S/C14H24N2O2S2/c1-11-6-4-5-7-13(11)16(3)20(17,18)14-9-8-12(19-14)10-15-2/h8-9,11,13,15H,4-7,10H2,1-3H3. The average molecular weight is 316 g/mol. The van der Waals surface area contributed by atoms with Crippen LogP contribution in [0.3, 0.4) is 0 Å². The lowest BCUT2D eigenvalue weighted by atomic mass is 9.86. The van der Waals surface area contributed by atoms with Crippen LogP contribution in [-0.2, 0) is 16.6 Å². The number of nitrogens with one attached hydrogen (secondary N) is 1. The van der Waals surface area contributed by atoms with Gasteiger partial charge < -0.3 is 5.32 Å². The normalized spacial score (nSPS) is 24.2. The van der Waals surface area contributed by atoms with Gasteiger partial charge in [0.05, 0.1) is 0 Å². The molecule has 1 saturated carbocycles. The Kier molecular flexibility index (Phi) is 5.23. The number of hydrogen-bond donors (Lipinski definition) is 1. The molecule has 1 aromatic heterocycles. The minimum Gasteiger partial charge on any atom is -0.315 e. The van der Waals surface area contributed by atoms with Crippen LogP contribution >= 0.6 is 11.3 Å². The second-order valence-electron chi connectivity index (χ2n) is 5.60. The van der Waals surface area contributed by atoms with Crippen molar-refractivity contribution in [1.29, 1.82) is 0 Å². The summed E-state index contributed by atoms with van der Waals surface area (Å²) in [4.78, 5) is 1.05. The van der Waals surface area contributed by atoms with E-state index in [4.69, 9.17) is 0 Å². The summed E-state index contributed by atoms with van der Waals surface area (Å²) in [5, 5.41) is 3.05. The molecule has 1 N–H and O–H groups in total. The highest BCUT2D eigenvalue weighted by molar-refractivity contribution is 7.91. The summed E-state index contributed by atoms with van der Waals surface area (Å²) in [5.41, 5.74) is 0. The molecule has 20 heavy (non-hydrogen) atoms. The van der Waals surface area contributed by atoms with Crippen molar-refractivity contribution in [2.75, 3.05) is 14.1 Å². The van der Waals surface area contributed by atoms with Crippen molar-refractivity contribution >= 4 is 21.4 Å². The molecule has 0 spiro atoms. The molecular formula is C14H24N2O2S2. The summed E-state index contributed by atoms with van der Waals surface area (Å²) in [5.74, 6) is 0.445. The average Bonchev–Trinajstić information content (AvgIpc) is 2.88. The van der Waals surface area contributed by atoms with Crippen molar-refractivity contribution in [3.8, 4) is 0 Å². The predicted octanol–water partition coefficient (Wildman–Crippen LogP) is 2.67. The van der Waals surface area contributed by atoms with E-state index in [9.17, 15) is 8.42 Å². The van der Waals surface area contributed by atoms with E-state index in [2.05, 4.69) is 12.2 Å².